The molecular formula is C14H21N3O2. The maximum Gasteiger partial charge on any atom is 0.272 e. The first-order valence-electron chi connectivity index (χ1n) is 6.74. The lowest BCUT2D eigenvalue weighted by Gasteiger charge is -2.18. The zero-order valence-electron chi connectivity index (χ0n) is 11.5. The average Bonchev–Trinajstić information content (AvgIpc) is 2.76. The van der Waals surface area contributed by atoms with Crippen LogP contribution in [0.15, 0.2) is 18.2 Å². The number of nitrogens with zero attached hydrogens (tertiary/aromatic N) is 2. The molecule has 1 aromatic heterocycles. The number of aliphatic hydroxyl groups is 1. The number of aromatic nitrogens is 1. The van der Waals surface area contributed by atoms with Crippen LogP contribution < -0.4 is 5.32 Å². The topological polar surface area (TPSA) is 65.5 Å². The summed E-state index contributed by atoms with van der Waals surface area (Å²) in [6.07, 6.45) is 1.63. The fraction of sp³-hybridized carbons (Fsp3) is 0.571. The van der Waals surface area contributed by atoms with Crippen LogP contribution in [0, 0.1) is 0 Å². The van der Waals surface area contributed by atoms with Gasteiger partial charge in [-0.1, -0.05) is 13.0 Å². The van der Waals surface area contributed by atoms with Gasteiger partial charge in [0.25, 0.3) is 5.91 Å². The second-order valence-electron chi connectivity index (χ2n) is 5.31. The molecule has 104 valence electrons. The van der Waals surface area contributed by atoms with E-state index in [1.165, 1.54) is 0 Å². The molecule has 1 atom stereocenters. The molecule has 5 heteroatoms. The van der Waals surface area contributed by atoms with Crippen LogP contribution >= 0.6 is 0 Å². The number of rotatable bonds is 4. The zero-order chi connectivity index (χ0) is 13.9. The van der Waals surface area contributed by atoms with Gasteiger partial charge in [-0.25, -0.2) is 4.98 Å². The number of amides is 1. The van der Waals surface area contributed by atoms with E-state index in [1.54, 1.807) is 17.9 Å². The quantitative estimate of drug-likeness (QED) is 0.864. The smallest absolute Gasteiger partial charge is 0.272 e. The molecular weight excluding hydrogens is 242 g/mol. The van der Waals surface area contributed by atoms with Crippen LogP contribution in [-0.4, -0.2) is 46.1 Å². The lowest BCUT2D eigenvalue weighted by molar-refractivity contribution is 0.0569. The monoisotopic (exact) mass is 263 g/mol. The standard InChI is InChI=1S/C14H21N3O2/c1-3-8-15-12-6-4-5-11(16-12)13(18)17-9-7-14(2,19)10-17/h4-6,19H,3,7-10H2,1-2H3,(H,15,16). The predicted molar refractivity (Wildman–Crippen MR) is 74.2 cm³/mol. The Kier molecular flexibility index (Phi) is 4.04. The molecule has 19 heavy (non-hydrogen) atoms. The molecule has 1 aliphatic rings. The van der Waals surface area contributed by atoms with Crippen LogP contribution in [0.25, 0.3) is 0 Å². The third-order valence-electron chi connectivity index (χ3n) is 3.26. The van der Waals surface area contributed by atoms with E-state index in [0.717, 1.165) is 18.8 Å². The summed E-state index contributed by atoms with van der Waals surface area (Å²) >= 11 is 0. The molecule has 0 radical (unpaired) electrons. The van der Waals surface area contributed by atoms with Gasteiger partial charge in [0.2, 0.25) is 0 Å². The van der Waals surface area contributed by atoms with Crippen molar-refractivity contribution >= 4 is 11.7 Å². The van der Waals surface area contributed by atoms with Crippen LogP contribution in [-0.2, 0) is 0 Å². The Morgan fingerprint density at radius 2 is 2.37 bits per heavy atom. The number of hydrogen-bond acceptors (Lipinski definition) is 4. The van der Waals surface area contributed by atoms with E-state index in [0.29, 0.717) is 25.2 Å². The lowest BCUT2D eigenvalue weighted by atomic mass is 10.1. The van der Waals surface area contributed by atoms with Crippen molar-refractivity contribution in [3.63, 3.8) is 0 Å². The molecule has 1 aromatic rings. The molecule has 1 aliphatic heterocycles. The van der Waals surface area contributed by atoms with E-state index in [-0.39, 0.29) is 5.91 Å². The Labute approximate surface area is 113 Å². The summed E-state index contributed by atoms with van der Waals surface area (Å²) in [5.41, 5.74) is -0.341. The molecule has 0 aromatic carbocycles. The van der Waals surface area contributed by atoms with E-state index in [9.17, 15) is 9.90 Å². The normalized spacial score (nSPS) is 22.6. The van der Waals surface area contributed by atoms with Gasteiger partial charge in [0.1, 0.15) is 11.5 Å². The molecule has 5 nitrogen and oxygen atoms in total. The van der Waals surface area contributed by atoms with Crippen molar-refractivity contribution in [2.75, 3.05) is 25.0 Å². The summed E-state index contributed by atoms with van der Waals surface area (Å²) in [6, 6.07) is 5.39. The molecule has 0 spiro atoms. The first-order valence-corrected chi connectivity index (χ1v) is 6.74. The van der Waals surface area contributed by atoms with E-state index in [1.807, 2.05) is 12.1 Å². The second-order valence-corrected chi connectivity index (χ2v) is 5.31. The molecule has 1 unspecified atom stereocenters. The predicted octanol–water partition coefficient (Wildman–Crippen LogP) is 1.50. The fourth-order valence-electron chi connectivity index (χ4n) is 2.19. The van der Waals surface area contributed by atoms with Gasteiger partial charge in [0.15, 0.2) is 0 Å². The van der Waals surface area contributed by atoms with Crippen LogP contribution in [0.4, 0.5) is 5.82 Å². The molecule has 0 saturated carbocycles. The number of carbonyl (C=O) groups is 1. The number of likely N-dealkylation sites (tertiary alicyclic amines) is 1. The van der Waals surface area contributed by atoms with Crippen LogP contribution in [0.5, 0.6) is 0 Å². The Bertz CT molecular complexity index is 460. The van der Waals surface area contributed by atoms with Crippen molar-refractivity contribution in [2.45, 2.75) is 32.3 Å². The van der Waals surface area contributed by atoms with Crippen molar-refractivity contribution < 1.29 is 9.90 Å². The van der Waals surface area contributed by atoms with E-state index >= 15 is 0 Å². The van der Waals surface area contributed by atoms with Gasteiger partial charge in [-0.3, -0.25) is 4.79 Å². The van der Waals surface area contributed by atoms with Gasteiger partial charge in [-0.05, 0) is 31.9 Å². The van der Waals surface area contributed by atoms with Crippen LogP contribution in [0.3, 0.4) is 0 Å². The summed E-state index contributed by atoms with van der Waals surface area (Å²) in [5, 5.41) is 13.1. The lowest BCUT2D eigenvalue weighted by Crippen LogP contribution is -2.34. The largest absolute Gasteiger partial charge is 0.388 e. The number of nitrogens with one attached hydrogen (secondary N) is 1. The van der Waals surface area contributed by atoms with Gasteiger partial charge in [-0.2, -0.15) is 0 Å². The van der Waals surface area contributed by atoms with Gasteiger partial charge in [-0.15, -0.1) is 0 Å². The molecule has 2 rings (SSSR count). The van der Waals surface area contributed by atoms with E-state index in [4.69, 9.17) is 0 Å². The number of pyridine rings is 1. The molecule has 2 heterocycles. The Morgan fingerprint density at radius 1 is 1.58 bits per heavy atom. The van der Waals surface area contributed by atoms with Gasteiger partial charge in [0, 0.05) is 19.6 Å². The SMILES string of the molecule is CCCNc1cccc(C(=O)N2CCC(C)(O)C2)n1. The van der Waals surface area contributed by atoms with Crippen molar-refractivity contribution in [1.29, 1.82) is 0 Å². The Balaban J connectivity index is 2.07. The summed E-state index contributed by atoms with van der Waals surface area (Å²) in [4.78, 5) is 18.3. The molecule has 0 bridgehead atoms. The summed E-state index contributed by atoms with van der Waals surface area (Å²) in [7, 11) is 0. The summed E-state index contributed by atoms with van der Waals surface area (Å²) < 4.78 is 0. The molecule has 0 aliphatic carbocycles. The highest BCUT2D eigenvalue weighted by atomic mass is 16.3. The first kappa shape index (κ1) is 13.8. The fourth-order valence-corrected chi connectivity index (χ4v) is 2.19. The van der Waals surface area contributed by atoms with Crippen molar-refractivity contribution in [3.8, 4) is 0 Å². The third-order valence-corrected chi connectivity index (χ3v) is 3.26. The minimum atomic E-state index is -0.770. The highest BCUT2D eigenvalue weighted by Crippen LogP contribution is 2.21. The van der Waals surface area contributed by atoms with Gasteiger partial charge in [0.05, 0.1) is 5.60 Å². The molecule has 1 amide bonds. The number of carbonyl (C=O) groups excluding carboxylic acids is 1. The highest BCUT2D eigenvalue weighted by Gasteiger charge is 2.34. The second kappa shape index (κ2) is 5.57. The van der Waals surface area contributed by atoms with Crippen molar-refractivity contribution in [3.05, 3.63) is 23.9 Å². The van der Waals surface area contributed by atoms with Crippen LogP contribution in [0.1, 0.15) is 37.2 Å². The van der Waals surface area contributed by atoms with E-state index < -0.39 is 5.60 Å². The molecule has 2 N–H and O–H groups in total. The molecule has 1 saturated heterocycles. The number of anilines is 1. The maximum atomic E-state index is 12.3. The van der Waals surface area contributed by atoms with Gasteiger partial charge >= 0.3 is 0 Å². The summed E-state index contributed by atoms with van der Waals surface area (Å²) in [6.45, 7) is 5.63. The third kappa shape index (κ3) is 3.44. The Morgan fingerprint density at radius 3 is 3.00 bits per heavy atom. The first-order chi connectivity index (χ1) is 9.02. The minimum absolute atomic E-state index is 0.113. The van der Waals surface area contributed by atoms with Crippen molar-refractivity contribution in [2.24, 2.45) is 0 Å². The number of β-amino-alcohol motifs (C(OH)–C–C–N with tert-alkyl or cyclic N) is 1. The Hall–Kier alpha value is -1.62. The zero-order valence-corrected chi connectivity index (χ0v) is 11.5. The average molecular weight is 263 g/mol. The number of hydrogen-bond donors (Lipinski definition) is 2. The minimum Gasteiger partial charge on any atom is -0.388 e. The van der Waals surface area contributed by atoms with E-state index in [2.05, 4.69) is 17.2 Å². The molecule has 1 fully saturated rings. The summed E-state index contributed by atoms with van der Waals surface area (Å²) in [5.74, 6) is 0.608. The van der Waals surface area contributed by atoms with Crippen LogP contribution in [0.2, 0.25) is 0 Å². The van der Waals surface area contributed by atoms with Gasteiger partial charge < -0.3 is 15.3 Å². The highest BCUT2D eigenvalue weighted by molar-refractivity contribution is 5.93. The van der Waals surface area contributed by atoms with Crippen molar-refractivity contribution in [1.82, 2.24) is 9.88 Å². The maximum absolute atomic E-state index is 12.3.